The molecule has 1 amide bonds. The topological polar surface area (TPSA) is 53.6 Å². The van der Waals surface area contributed by atoms with Crippen molar-refractivity contribution in [3.8, 4) is 0 Å². The van der Waals surface area contributed by atoms with Crippen LogP contribution in [0.25, 0.3) is 0 Å². The second kappa shape index (κ2) is 11.2. The zero-order valence-corrected chi connectivity index (χ0v) is 15.7. The summed E-state index contributed by atoms with van der Waals surface area (Å²) in [6, 6.07) is 11.0. The van der Waals surface area contributed by atoms with Gasteiger partial charge < -0.3 is 15.4 Å². The van der Waals surface area contributed by atoms with Crippen molar-refractivity contribution in [1.29, 1.82) is 0 Å². The van der Waals surface area contributed by atoms with Gasteiger partial charge >= 0.3 is 0 Å². The van der Waals surface area contributed by atoms with Gasteiger partial charge in [0.15, 0.2) is 0 Å². The number of ether oxygens (including phenoxy) is 1. The highest BCUT2D eigenvalue weighted by Gasteiger charge is 2.26. The number of hydrogen-bond donors (Lipinski definition) is 2. The summed E-state index contributed by atoms with van der Waals surface area (Å²) >= 11 is 0. The van der Waals surface area contributed by atoms with E-state index in [1.807, 2.05) is 19.9 Å². The van der Waals surface area contributed by atoms with E-state index in [1.165, 1.54) is 5.56 Å². The van der Waals surface area contributed by atoms with Gasteiger partial charge in [0.2, 0.25) is 5.91 Å². The van der Waals surface area contributed by atoms with E-state index >= 15 is 0 Å². The summed E-state index contributed by atoms with van der Waals surface area (Å²) in [5.41, 5.74) is 1.32. The number of likely N-dealkylation sites (tertiary alicyclic amines) is 1. The normalized spacial score (nSPS) is 17.4. The summed E-state index contributed by atoms with van der Waals surface area (Å²) in [5.74, 6) is 0.132. The van der Waals surface area contributed by atoms with Crippen molar-refractivity contribution < 1.29 is 9.53 Å². The van der Waals surface area contributed by atoms with Crippen molar-refractivity contribution in [2.24, 2.45) is 0 Å². The molecule has 1 unspecified atom stereocenters. The Bertz CT molecular complexity index is 487. The van der Waals surface area contributed by atoms with Gasteiger partial charge in [-0.25, -0.2) is 0 Å². The molecule has 25 heavy (non-hydrogen) atoms. The van der Waals surface area contributed by atoms with Crippen molar-refractivity contribution in [1.82, 2.24) is 15.5 Å². The van der Waals surface area contributed by atoms with Crippen LogP contribution in [0.2, 0.25) is 0 Å². The molecule has 0 aliphatic carbocycles. The maximum Gasteiger partial charge on any atom is 0.237 e. The Morgan fingerprint density at radius 1 is 1.28 bits per heavy atom. The molecule has 1 atom stereocenters. The van der Waals surface area contributed by atoms with E-state index in [2.05, 4.69) is 39.8 Å². The molecule has 1 fully saturated rings. The molecule has 140 valence electrons. The number of benzene rings is 1. The van der Waals surface area contributed by atoms with Crippen LogP contribution in [0.3, 0.4) is 0 Å². The second-order valence-corrected chi connectivity index (χ2v) is 6.69. The van der Waals surface area contributed by atoms with Crippen LogP contribution in [0.1, 0.15) is 38.7 Å². The largest absolute Gasteiger partial charge is 0.382 e. The maximum atomic E-state index is 12.3. The molecule has 1 aromatic carbocycles. The summed E-state index contributed by atoms with van der Waals surface area (Å²) in [6.07, 6.45) is 3.06. The number of carbonyl (C=O) groups is 1. The van der Waals surface area contributed by atoms with Crippen molar-refractivity contribution in [2.45, 2.75) is 51.7 Å². The van der Waals surface area contributed by atoms with Crippen LogP contribution in [-0.4, -0.2) is 55.7 Å². The molecule has 1 aliphatic heterocycles. The zero-order valence-electron chi connectivity index (χ0n) is 15.7. The quantitative estimate of drug-likeness (QED) is 0.637. The fourth-order valence-corrected chi connectivity index (χ4v) is 3.19. The highest BCUT2D eigenvalue weighted by molar-refractivity contribution is 5.81. The first-order valence-corrected chi connectivity index (χ1v) is 9.57. The fraction of sp³-hybridized carbons (Fsp3) is 0.650. The third kappa shape index (κ3) is 7.14. The first-order chi connectivity index (χ1) is 12.2. The Morgan fingerprint density at radius 2 is 2.00 bits per heavy atom. The molecule has 2 rings (SSSR count). The summed E-state index contributed by atoms with van der Waals surface area (Å²) < 4.78 is 5.29. The Morgan fingerprint density at radius 3 is 2.68 bits per heavy atom. The third-order valence-corrected chi connectivity index (χ3v) is 4.86. The molecule has 0 radical (unpaired) electrons. The van der Waals surface area contributed by atoms with Crippen molar-refractivity contribution in [3.63, 3.8) is 0 Å². The van der Waals surface area contributed by atoms with Gasteiger partial charge in [0.25, 0.3) is 0 Å². The van der Waals surface area contributed by atoms with Crippen LogP contribution in [0.5, 0.6) is 0 Å². The number of piperidine rings is 1. The number of hydrogen-bond acceptors (Lipinski definition) is 4. The highest BCUT2D eigenvalue weighted by atomic mass is 16.5. The molecular weight excluding hydrogens is 314 g/mol. The Labute approximate surface area is 152 Å². The predicted molar refractivity (Wildman–Crippen MR) is 101 cm³/mol. The van der Waals surface area contributed by atoms with Gasteiger partial charge in [-0.15, -0.1) is 0 Å². The first-order valence-electron chi connectivity index (χ1n) is 9.57. The smallest absolute Gasteiger partial charge is 0.237 e. The van der Waals surface area contributed by atoms with Gasteiger partial charge in [0, 0.05) is 45.4 Å². The highest BCUT2D eigenvalue weighted by Crippen LogP contribution is 2.14. The average Bonchev–Trinajstić information content (AvgIpc) is 2.66. The Hall–Kier alpha value is -1.43. The standard InChI is InChI=1S/C20H33N3O2/c1-3-25-15-7-12-21-20(24)17(2)23-13-10-19(11-14-23)22-16-18-8-5-4-6-9-18/h4-6,8-9,17,19,22H,3,7,10-16H2,1-2H3,(H,21,24). The van der Waals surface area contributed by atoms with E-state index in [1.54, 1.807) is 0 Å². The number of carbonyl (C=O) groups excluding carboxylic acids is 1. The summed E-state index contributed by atoms with van der Waals surface area (Å²) in [6.45, 7) is 9.00. The molecule has 0 bridgehead atoms. The average molecular weight is 348 g/mol. The van der Waals surface area contributed by atoms with Gasteiger partial charge in [-0.3, -0.25) is 9.69 Å². The van der Waals surface area contributed by atoms with E-state index in [9.17, 15) is 4.79 Å². The van der Waals surface area contributed by atoms with Gasteiger partial charge in [0.1, 0.15) is 0 Å². The summed E-state index contributed by atoms with van der Waals surface area (Å²) in [4.78, 5) is 14.5. The molecule has 0 aromatic heterocycles. The molecule has 0 saturated carbocycles. The molecule has 1 aliphatic rings. The lowest BCUT2D eigenvalue weighted by molar-refractivity contribution is -0.126. The van der Waals surface area contributed by atoms with Crippen LogP contribution in [0.4, 0.5) is 0 Å². The van der Waals surface area contributed by atoms with Crippen LogP contribution in [0.15, 0.2) is 30.3 Å². The molecule has 1 aromatic rings. The molecular formula is C20H33N3O2. The number of amides is 1. The lowest BCUT2D eigenvalue weighted by Crippen LogP contribution is -2.51. The van der Waals surface area contributed by atoms with Crippen molar-refractivity contribution >= 4 is 5.91 Å². The van der Waals surface area contributed by atoms with Crippen LogP contribution >= 0.6 is 0 Å². The minimum Gasteiger partial charge on any atom is -0.382 e. The molecule has 2 N–H and O–H groups in total. The maximum absolute atomic E-state index is 12.3. The van der Waals surface area contributed by atoms with E-state index < -0.39 is 0 Å². The predicted octanol–water partition coefficient (Wildman–Crippen LogP) is 2.17. The summed E-state index contributed by atoms with van der Waals surface area (Å²) in [5, 5.41) is 6.66. The number of rotatable bonds is 10. The molecule has 5 nitrogen and oxygen atoms in total. The Balaban J connectivity index is 1.62. The van der Waals surface area contributed by atoms with Crippen LogP contribution < -0.4 is 10.6 Å². The first kappa shape index (κ1) is 19.9. The zero-order chi connectivity index (χ0) is 17.9. The van der Waals surface area contributed by atoms with Crippen LogP contribution in [0, 0.1) is 0 Å². The van der Waals surface area contributed by atoms with E-state index in [0.717, 1.165) is 45.5 Å². The monoisotopic (exact) mass is 347 g/mol. The number of nitrogens with one attached hydrogen (secondary N) is 2. The molecule has 0 spiro atoms. The van der Waals surface area contributed by atoms with E-state index in [4.69, 9.17) is 4.74 Å². The molecule has 1 saturated heterocycles. The van der Waals surface area contributed by atoms with E-state index in [0.29, 0.717) is 19.2 Å². The lowest BCUT2D eigenvalue weighted by atomic mass is 10.0. The number of nitrogens with zero attached hydrogens (tertiary/aromatic N) is 1. The van der Waals surface area contributed by atoms with E-state index in [-0.39, 0.29) is 11.9 Å². The minimum atomic E-state index is -0.0535. The summed E-state index contributed by atoms with van der Waals surface area (Å²) in [7, 11) is 0. The van der Waals surface area contributed by atoms with Crippen LogP contribution in [-0.2, 0) is 16.1 Å². The third-order valence-electron chi connectivity index (χ3n) is 4.86. The van der Waals surface area contributed by atoms with Gasteiger partial charge in [-0.05, 0) is 38.7 Å². The van der Waals surface area contributed by atoms with Gasteiger partial charge in [0.05, 0.1) is 6.04 Å². The molecule has 1 heterocycles. The Kier molecular flexibility index (Phi) is 8.94. The minimum absolute atomic E-state index is 0.0535. The fourth-order valence-electron chi connectivity index (χ4n) is 3.19. The van der Waals surface area contributed by atoms with Gasteiger partial charge in [-0.2, -0.15) is 0 Å². The van der Waals surface area contributed by atoms with Crippen molar-refractivity contribution in [3.05, 3.63) is 35.9 Å². The lowest BCUT2D eigenvalue weighted by Gasteiger charge is -2.35. The van der Waals surface area contributed by atoms with Crippen molar-refractivity contribution in [2.75, 3.05) is 32.8 Å². The van der Waals surface area contributed by atoms with Gasteiger partial charge in [-0.1, -0.05) is 30.3 Å². The molecule has 5 heteroatoms. The SMILES string of the molecule is CCOCCCNC(=O)C(C)N1CCC(NCc2ccccc2)CC1. The second-order valence-electron chi connectivity index (χ2n) is 6.69.